The minimum Gasteiger partial charge on any atom is -0.459 e. The molecule has 10 heteroatoms. The molecule has 0 atom stereocenters. The Balaban J connectivity index is 1.58. The predicted octanol–water partition coefficient (Wildman–Crippen LogP) is 2.13. The van der Waals surface area contributed by atoms with Crippen LogP contribution >= 0.6 is 11.3 Å². The van der Waals surface area contributed by atoms with Crippen molar-refractivity contribution < 1.29 is 17.6 Å². The van der Waals surface area contributed by atoms with Gasteiger partial charge in [-0.3, -0.25) is 14.4 Å². The lowest BCUT2D eigenvalue weighted by atomic mass is 10.2. The van der Waals surface area contributed by atoms with Gasteiger partial charge in [-0.1, -0.05) is 29.5 Å². The van der Waals surface area contributed by atoms with Crippen LogP contribution in [0, 0.1) is 0 Å². The van der Waals surface area contributed by atoms with Crippen LogP contribution in [0.3, 0.4) is 0 Å². The van der Waals surface area contributed by atoms with E-state index in [4.69, 9.17) is 4.42 Å². The first kappa shape index (κ1) is 15.8. The molecule has 0 fully saturated rings. The number of rotatable bonds is 4. The summed E-state index contributed by atoms with van der Waals surface area (Å²) in [4.78, 5) is 11.9. The van der Waals surface area contributed by atoms with E-state index in [9.17, 15) is 13.2 Å². The number of amides is 1. The number of carbonyl (C=O) groups excluding carboxylic acids is 1. The number of carbonyl (C=O) groups is 1. The minimum absolute atomic E-state index is 0.0902. The number of aromatic nitrogens is 2. The van der Waals surface area contributed by atoms with E-state index in [0.29, 0.717) is 18.7 Å². The smallest absolute Gasteiger partial charge is 0.293 e. The molecule has 0 saturated heterocycles. The molecule has 128 valence electrons. The maximum Gasteiger partial charge on any atom is 0.293 e. The van der Waals surface area contributed by atoms with Gasteiger partial charge in [0.05, 0.1) is 12.0 Å². The summed E-state index contributed by atoms with van der Waals surface area (Å²) in [5.41, 5.74) is 1.63. The molecule has 8 nitrogen and oxygen atoms in total. The first-order chi connectivity index (χ1) is 12.1. The van der Waals surface area contributed by atoms with Crippen LogP contribution in [0.5, 0.6) is 0 Å². The Hall–Kier alpha value is -2.72. The highest BCUT2D eigenvalue weighted by Crippen LogP contribution is 2.34. The molecule has 2 aromatic heterocycles. The largest absolute Gasteiger partial charge is 0.459 e. The summed E-state index contributed by atoms with van der Waals surface area (Å²) in [6, 6.07) is 10.4. The summed E-state index contributed by atoms with van der Waals surface area (Å²) >= 11 is 0.801. The zero-order valence-electron chi connectivity index (χ0n) is 12.7. The molecule has 1 amide bonds. The summed E-state index contributed by atoms with van der Waals surface area (Å²) in [6.45, 7) is 0.356. The quantitative estimate of drug-likeness (QED) is 0.699. The number of nitrogens with zero attached hydrogens (tertiary/aromatic N) is 3. The van der Waals surface area contributed by atoms with Gasteiger partial charge in [-0.2, -0.15) is 8.42 Å². The van der Waals surface area contributed by atoms with Crippen molar-refractivity contribution in [3.63, 3.8) is 0 Å². The second-order valence-electron chi connectivity index (χ2n) is 5.26. The number of fused-ring (bicyclic) bond motifs is 1. The fourth-order valence-electron chi connectivity index (χ4n) is 2.58. The molecule has 1 aromatic carbocycles. The molecule has 0 spiro atoms. The number of para-hydroxylation sites is 1. The van der Waals surface area contributed by atoms with Crippen molar-refractivity contribution in [1.82, 2.24) is 10.2 Å². The number of benzene rings is 1. The Labute approximate surface area is 147 Å². The lowest BCUT2D eigenvalue weighted by Gasteiger charge is -2.17. The van der Waals surface area contributed by atoms with Crippen LogP contribution in [0.1, 0.15) is 16.1 Å². The summed E-state index contributed by atoms with van der Waals surface area (Å²) in [5, 5.41) is 10.0. The van der Waals surface area contributed by atoms with E-state index in [2.05, 4.69) is 15.5 Å². The van der Waals surface area contributed by atoms with E-state index in [1.807, 2.05) is 12.1 Å². The maximum absolute atomic E-state index is 12.8. The second-order valence-corrected chi connectivity index (χ2v) is 8.27. The molecule has 0 unspecified atom stereocenters. The van der Waals surface area contributed by atoms with E-state index in [-0.39, 0.29) is 15.2 Å². The van der Waals surface area contributed by atoms with E-state index in [1.54, 1.807) is 18.2 Å². The van der Waals surface area contributed by atoms with Gasteiger partial charge in [-0.15, -0.1) is 10.2 Å². The summed E-state index contributed by atoms with van der Waals surface area (Å²) in [7, 11) is -3.82. The first-order valence-corrected chi connectivity index (χ1v) is 9.60. The molecule has 3 heterocycles. The van der Waals surface area contributed by atoms with Crippen LogP contribution in [0.2, 0.25) is 0 Å². The molecule has 0 aliphatic carbocycles. The highest BCUT2D eigenvalue weighted by Gasteiger charge is 2.33. The topological polar surface area (TPSA) is 105 Å². The molecule has 3 aromatic rings. The third-order valence-corrected chi connectivity index (χ3v) is 6.72. The number of furan rings is 1. The van der Waals surface area contributed by atoms with Gasteiger partial charge in [0.1, 0.15) is 0 Å². The molecule has 25 heavy (non-hydrogen) atoms. The zero-order valence-corrected chi connectivity index (χ0v) is 14.4. The number of hydrogen-bond donors (Lipinski definition) is 1. The standard InChI is InChI=1S/C15H12N4O4S2/c20-13(12-6-3-9-23-12)16-14-17-18-15(24-14)25(21,22)19-8-7-10-4-1-2-5-11(10)19/h1-6,9H,7-8H2,(H,16,17,20). The first-order valence-electron chi connectivity index (χ1n) is 7.35. The fraction of sp³-hybridized carbons (Fsp3) is 0.133. The van der Waals surface area contributed by atoms with Gasteiger partial charge in [0.15, 0.2) is 5.76 Å². The maximum atomic E-state index is 12.8. The number of anilines is 2. The Kier molecular flexibility index (Phi) is 3.77. The van der Waals surface area contributed by atoms with Gasteiger partial charge in [-0.25, -0.2) is 0 Å². The van der Waals surface area contributed by atoms with Crippen molar-refractivity contribution in [2.75, 3.05) is 16.2 Å². The van der Waals surface area contributed by atoms with E-state index in [0.717, 1.165) is 16.9 Å². The molecular weight excluding hydrogens is 364 g/mol. The third kappa shape index (κ3) is 2.79. The Morgan fingerprint density at radius 1 is 1.20 bits per heavy atom. The molecule has 1 N–H and O–H groups in total. The number of nitrogens with one attached hydrogen (secondary N) is 1. The fourth-order valence-corrected chi connectivity index (χ4v) is 5.08. The van der Waals surface area contributed by atoms with Crippen LogP contribution in [0.15, 0.2) is 51.4 Å². The van der Waals surface area contributed by atoms with Crippen LogP contribution in [-0.4, -0.2) is 31.1 Å². The van der Waals surface area contributed by atoms with Crippen molar-refractivity contribution in [2.45, 2.75) is 10.8 Å². The summed E-state index contributed by atoms with van der Waals surface area (Å²) in [5.74, 6) is -0.412. The SMILES string of the molecule is O=C(Nc1nnc(S(=O)(=O)N2CCc3ccccc32)s1)c1ccco1. The van der Waals surface area contributed by atoms with Gasteiger partial charge in [0.2, 0.25) is 5.13 Å². The summed E-state index contributed by atoms with van der Waals surface area (Å²) in [6.07, 6.45) is 2.02. The number of hydrogen-bond acceptors (Lipinski definition) is 7. The van der Waals surface area contributed by atoms with Crippen LogP contribution in [-0.2, 0) is 16.4 Å². The highest BCUT2D eigenvalue weighted by atomic mass is 32.2. The van der Waals surface area contributed by atoms with Crippen molar-refractivity contribution in [3.05, 3.63) is 54.0 Å². The van der Waals surface area contributed by atoms with Crippen molar-refractivity contribution in [1.29, 1.82) is 0 Å². The van der Waals surface area contributed by atoms with Gasteiger partial charge in [-0.05, 0) is 30.2 Å². The third-order valence-electron chi connectivity index (χ3n) is 3.73. The Morgan fingerprint density at radius 3 is 2.84 bits per heavy atom. The average Bonchev–Trinajstić information content (AvgIpc) is 3.34. The minimum atomic E-state index is -3.82. The zero-order chi connectivity index (χ0) is 17.4. The van der Waals surface area contributed by atoms with Crippen LogP contribution in [0.4, 0.5) is 10.8 Å². The molecular formula is C15H12N4O4S2. The van der Waals surface area contributed by atoms with Crippen molar-refractivity contribution in [2.24, 2.45) is 0 Å². The normalized spacial score (nSPS) is 13.7. The molecule has 0 radical (unpaired) electrons. The summed E-state index contributed by atoms with van der Waals surface area (Å²) < 4.78 is 31.8. The molecule has 0 saturated carbocycles. The lowest BCUT2D eigenvalue weighted by Crippen LogP contribution is -2.29. The highest BCUT2D eigenvalue weighted by molar-refractivity contribution is 7.94. The van der Waals surface area contributed by atoms with Gasteiger partial charge >= 0.3 is 0 Å². The lowest BCUT2D eigenvalue weighted by molar-refractivity contribution is 0.0996. The molecule has 4 rings (SSSR count). The Bertz CT molecular complexity index is 1030. The molecule has 1 aliphatic heterocycles. The van der Waals surface area contributed by atoms with E-state index < -0.39 is 15.9 Å². The van der Waals surface area contributed by atoms with E-state index in [1.165, 1.54) is 16.6 Å². The number of sulfonamides is 1. The van der Waals surface area contributed by atoms with Gasteiger partial charge in [0, 0.05) is 6.54 Å². The Morgan fingerprint density at radius 2 is 2.04 bits per heavy atom. The monoisotopic (exact) mass is 376 g/mol. The van der Waals surface area contributed by atoms with E-state index >= 15 is 0 Å². The second kappa shape index (κ2) is 5.97. The predicted molar refractivity (Wildman–Crippen MR) is 91.2 cm³/mol. The van der Waals surface area contributed by atoms with Crippen LogP contribution in [0.25, 0.3) is 0 Å². The van der Waals surface area contributed by atoms with Gasteiger partial charge < -0.3 is 4.42 Å². The van der Waals surface area contributed by atoms with Crippen molar-refractivity contribution in [3.8, 4) is 0 Å². The van der Waals surface area contributed by atoms with Crippen LogP contribution < -0.4 is 9.62 Å². The average molecular weight is 376 g/mol. The molecule has 1 aliphatic rings. The van der Waals surface area contributed by atoms with Crippen molar-refractivity contribution >= 4 is 38.1 Å². The molecule has 0 bridgehead atoms. The van der Waals surface area contributed by atoms with Gasteiger partial charge in [0.25, 0.3) is 20.3 Å².